The fraction of sp³-hybridized carbons (Fsp3) is 0. The molecule has 0 aliphatic rings. The summed E-state index contributed by atoms with van der Waals surface area (Å²) in [6.45, 7) is 0. The predicted molar refractivity (Wildman–Crippen MR) is 251 cm³/mol. The van der Waals surface area contributed by atoms with E-state index in [1.54, 1.807) is 0 Å². The fourth-order valence-corrected chi connectivity index (χ4v) is 10.4. The summed E-state index contributed by atoms with van der Waals surface area (Å²) >= 11 is 0. The molecule has 0 aliphatic heterocycles. The molecule has 0 aromatic heterocycles. The van der Waals surface area contributed by atoms with Gasteiger partial charge in [-0.2, -0.15) is 0 Å². The maximum absolute atomic E-state index is 2.47. The number of hydrogen-bond acceptors (Lipinski definition) is 0. The molecule has 0 fully saturated rings. The molecule has 0 amide bonds. The molecule has 13 aromatic rings. The summed E-state index contributed by atoms with van der Waals surface area (Å²) in [6, 6.07) is 77.4. The number of rotatable bonds is 4. The molecule has 0 radical (unpaired) electrons. The van der Waals surface area contributed by atoms with Crippen molar-refractivity contribution in [3.05, 3.63) is 206 Å². The topological polar surface area (TPSA) is 0 Å². The third-order valence-corrected chi connectivity index (χ3v) is 12.9. The molecule has 0 nitrogen and oxygen atoms in total. The molecule has 0 heterocycles. The van der Waals surface area contributed by atoms with Crippen LogP contribution >= 0.6 is 0 Å². The average Bonchev–Trinajstić information content (AvgIpc) is 3.29. The van der Waals surface area contributed by atoms with E-state index >= 15 is 0 Å². The van der Waals surface area contributed by atoms with Crippen molar-refractivity contribution < 1.29 is 0 Å². The molecule has 0 spiro atoms. The summed E-state index contributed by atoms with van der Waals surface area (Å²) < 4.78 is 0. The molecular formula is C58H34. The summed E-state index contributed by atoms with van der Waals surface area (Å²) in [5.74, 6) is 0. The minimum absolute atomic E-state index is 1.22. The standard InChI is InChI=1S/C58H34/c1-2-12-35(13-3-1)55-45-20-4-6-22-47(45)56(48-23-7-5-21-46(48)55)44-31-42(51-33-40-18-8-14-36-26-28-38-16-10-24-49(51)57(38)53(36)40)30-43(32-44)52-34-41-19-9-15-37-27-29-39-17-11-25-50(52)58(39)54(37)41/h1-34H. The van der Waals surface area contributed by atoms with Crippen molar-refractivity contribution in [3.8, 4) is 44.5 Å². The summed E-state index contributed by atoms with van der Waals surface area (Å²) in [6.07, 6.45) is 0. The van der Waals surface area contributed by atoms with E-state index < -0.39 is 0 Å². The maximum Gasteiger partial charge on any atom is -0.00206 e. The lowest BCUT2D eigenvalue weighted by Gasteiger charge is -2.21. The minimum Gasteiger partial charge on any atom is -0.0622 e. The zero-order valence-corrected chi connectivity index (χ0v) is 31.6. The van der Waals surface area contributed by atoms with Crippen LogP contribution in [-0.4, -0.2) is 0 Å². The highest BCUT2D eigenvalue weighted by atomic mass is 14.2. The van der Waals surface area contributed by atoms with Gasteiger partial charge in [-0.15, -0.1) is 0 Å². The van der Waals surface area contributed by atoms with E-state index in [4.69, 9.17) is 0 Å². The highest BCUT2D eigenvalue weighted by Crippen LogP contribution is 2.48. The fourth-order valence-electron chi connectivity index (χ4n) is 10.4. The molecule has 0 unspecified atom stereocenters. The Kier molecular flexibility index (Phi) is 6.54. The largest absolute Gasteiger partial charge is 0.0622 e. The first-order chi connectivity index (χ1) is 28.8. The zero-order chi connectivity index (χ0) is 37.9. The third-order valence-electron chi connectivity index (χ3n) is 12.9. The van der Waals surface area contributed by atoms with Crippen molar-refractivity contribution in [2.45, 2.75) is 0 Å². The van der Waals surface area contributed by atoms with Crippen LogP contribution in [0.5, 0.6) is 0 Å². The van der Waals surface area contributed by atoms with Crippen LogP contribution in [0.2, 0.25) is 0 Å². The zero-order valence-electron chi connectivity index (χ0n) is 31.6. The van der Waals surface area contributed by atoms with Gasteiger partial charge in [0.25, 0.3) is 0 Å². The quantitative estimate of drug-likeness (QED) is 0.125. The van der Waals surface area contributed by atoms with E-state index in [0.717, 1.165) is 0 Å². The van der Waals surface area contributed by atoms with Crippen LogP contribution in [0, 0.1) is 0 Å². The lowest BCUT2D eigenvalue weighted by atomic mass is 9.82. The van der Waals surface area contributed by atoms with Crippen molar-refractivity contribution in [3.63, 3.8) is 0 Å². The third kappa shape index (κ3) is 4.46. The second kappa shape index (κ2) is 12.0. The lowest BCUT2D eigenvalue weighted by molar-refractivity contribution is 1.62. The van der Waals surface area contributed by atoms with Gasteiger partial charge in [0.2, 0.25) is 0 Å². The van der Waals surface area contributed by atoms with Crippen molar-refractivity contribution in [2.75, 3.05) is 0 Å². The molecular weight excluding hydrogens is 697 g/mol. The molecule has 0 N–H and O–H groups in total. The van der Waals surface area contributed by atoms with Gasteiger partial charge in [-0.1, -0.05) is 176 Å². The smallest absolute Gasteiger partial charge is 0.00206 e. The Labute approximate surface area is 335 Å². The van der Waals surface area contributed by atoms with Crippen LogP contribution in [-0.2, 0) is 0 Å². The Bertz CT molecular complexity index is 3550. The Hall–Kier alpha value is -7.54. The van der Waals surface area contributed by atoms with Crippen molar-refractivity contribution in [1.82, 2.24) is 0 Å². The van der Waals surface area contributed by atoms with Gasteiger partial charge in [-0.3, -0.25) is 0 Å². The van der Waals surface area contributed by atoms with Crippen molar-refractivity contribution in [2.24, 2.45) is 0 Å². The van der Waals surface area contributed by atoms with Gasteiger partial charge in [0.15, 0.2) is 0 Å². The van der Waals surface area contributed by atoms with E-state index in [9.17, 15) is 0 Å². The second-order valence-corrected chi connectivity index (χ2v) is 16.0. The molecule has 266 valence electrons. The van der Waals surface area contributed by atoms with Gasteiger partial charge in [0.05, 0.1) is 0 Å². The Morgan fingerprint density at radius 3 is 1.00 bits per heavy atom. The van der Waals surface area contributed by atoms with Crippen LogP contribution in [0.25, 0.3) is 131 Å². The molecule has 0 atom stereocenters. The van der Waals surface area contributed by atoms with Crippen LogP contribution in [0.4, 0.5) is 0 Å². The lowest BCUT2D eigenvalue weighted by Crippen LogP contribution is -1.94. The van der Waals surface area contributed by atoms with Gasteiger partial charge < -0.3 is 0 Å². The number of fused-ring (bicyclic) bond motifs is 2. The first-order valence-electron chi connectivity index (χ1n) is 20.2. The van der Waals surface area contributed by atoms with E-state index in [1.807, 2.05) is 0 Å². The molecule has 0 aliphatic carbocycles. The monoisotopic (exact) mass is 730 g/mol. The van der Waals surface area contributed by atoms with Crippen LogP contribution in [0.3, 0.4) is 0 Å². The number of hydrogen-bond donors (Lipinski definition) is 0. The number of benzene rings is 13. The summed E-state index contributed by atoms with van der Waals surface area (Å²) in [5.41, 5.74) is 9.95. The molecule has 0 saturated carbocycles. The van der Waals surface area contributed by atoms with Crippen molar-refractivity contribution >= 4 is 86.2 Å². The summed E-state index contributed by atoms with van der Waals surface area (Å²) in [5, 5.41) is 20.6. The molecule has 58 heavy (non-hydrogen) atoms. The van der Waals surface area contributed by atoms with E-state index in [2.05, 4.69) is 206 Å². The molecule has 0 saturated heterocycles. The van der Waals surface area contributed by atoms with Crippen molar-refractivity contribution in [1.29, 1.82) is 0 Å². The molecule has 13 aromatic carbocycles. The van der Waals surface area contributed by atoms with Crippen LogP contribution in [0.1, 0.15) is 0 Å². The Morgan fingerprint density at radius 2 is 0.534 bits per heavy atom. The molecule has 0 heteroatoms. The maximum atomic E-state index is 2.47. The first kappa shape index (κ1) is 31.6. The molecule has 13 rings (SSSR count). The highest BCUT2D eigenvalue weighted by molar-refractivity contribution is 6.29. The van der Waals surface area contributed by atoms with E-state index in [1.165, 1.54) is 131 Å². The Balaban J connectivity index is 1.19. The average molecular weight is 731 g/mol. The predicted octanol–water partition coefficient (Wildman–Crippen LogP) is 16.5. The minimum atomic E-state index is 1.22. The molecule has 0 bridgehead atoms. The van der Waals surface area contributed by atoms with E-state index in [-0.39, 0.29) is 0 Å². The SMILES string of the molecule is c1ccc(-c2c3ccccc3c(-c3cc(-c4cc5cccc6ccc7cccc4c7c65)cc(-c4cc5cccc6ccc7cccc4c7c65)c3)c3ccccc23)cc1. The summed E-state index contributed by atoms with van der Waals surface area (Å²) in [4.78, 5) is 0. The van der Waals surface area contributed by atoms with E-state index in [0.29, 0.717) is 0 Å². The van der Waals surface area contributed by atoms with Gasteiger partial charge in [0, 0.05) is 0 Å². The van der Waals surface area contributed by atoms with Crippen LogP contribution in [0.15, 0.2) is 206 Å². The first-order valence-corrected chi connectivity index (χ1v) is 20.2. The van der Waals surface area contributed by atoms with Crippen LogP contribution < -0.4 is 0 Å². The highest BCUT2D eigenvalue weighted by Gasteiger charge is 2.21. The Morgan fingerprint density at radius 1 is 0.190 bits per heavy atom. The second-order valence-electron chi connectivity index (χ2n) is 16.0. The van der Waals surface area contributed by atoms with Gasteiger partial charge >= 0.3 is 0 Å². The summed E-state index contributed by atoms with van der Waals surface area (Å²) in [7, 11) is 0. The normalized spacial score (nSPS) is 12.1. The van der Waals surface area contributed by atoms with Gasteiger partial charge in [0.1, 0.15) is 0 Å². The van der Waals surface area contributed by atoms with Gasteiger partial charge in [-0.05, 0) is 161 Å². The van der Waals surface area contributed by atoms with Gasteiger partial charge in [-0.25, -0.2) is 0 Å².